The number of ether oxygens (including phenoxy) is 2. The molecule has 4 rings (SSSR count). The largest absolute Gasteiger partial charge is 0.497 e. The Bertz CT molecular complexity index is 1250. The maximum absolute atomic E-state index is 12.7. The summed E-state index contributed by atoms with van der Waals surface area (Å²) in [7, 11) is 3.17. The van der Waals surface area contributed by atoms with E-state index in [9.17, 15) is 4.79 Å². The third-order valence-electron chi connectivity index (χ3n) is 4.02. The topological polar surface area (TPSA) is 65.7 Å². The van der Waals surface area contributed by atoms with Gasteiger partial charge in [0, 0.05) is 21.7 Å². The summed E-state index contributed by atoms with van der Waals surface area (Å²) in [4.78, 5) is 17.8. The van der Waals surface area contributed by atoms with Crippen LogP contribution >= 0.6 is 27.3 Å². The maximum atomic E-state index is 12.7. The summed E-state index contributed by atoms with van der Waals surface area (Å²) < 4.78 is 13.3. The van der Waals surface area contributed by atoms with Gasteiger partial charge in [0.05, 0.1) is 18.8 Å². The summed E-state index contributed by atoms with van der Waals surface area (Å²) in [6.07, 6.45) is 1.78. The molecule has 27 heavy (non-hydrogen) atoms. The van der Waals surface area contributed by atoms with Crippen molar-refractivity contribution in [2.75, 3.05) is 14.2 Å². The molecule has 0 saturated carbocycles. The predicted octanol–water partition coefficient (Wildman–Crippen LogP) is 3.15. The number of rotatable bonds is 4. The molecule has 0 spiro atoms. The number of thiazole rings is 1. The molecule has 4 aromatic rings. The van der Waals surface area contributed by atoms with Crippen LogP contribution < -0.4 is 19.6 Å². The molecule has 0 fully saturated rings. The third-order valence-corrected chi connectivity index (χ3v) is 5.67. The lowest BCUT2D eigenvalue weighted by atomic mass is 10.2. The summed E-state index contributed by atoms with van der Waals surface area (Å²) >= 11 is 4.78. The predicted molar refractivity (Wildman–Crippen MR) is 109 cm³/mol. The van der Waals surface area contributed by atoms with Crippen molar-refractivity contribution in [2.45, 2.75) is 0 Å². The highest BCUT2D eigenvalue weighted by Gasteiger charge is 2.14. The van der Waals surface area contributed by atoms with Crippen LogP contribution in [0.4, 0.5) is 0 Å². The highest BCUT2D eigenvalue weighted by molar-refractivity contribution is 9.10. The van der Waals surface area contributed by atoms with Gasteiger partial charge in [0.25, 0.3) is 5.56 Å². The molecular formula is C19H14BrN3O3S. The van der Waals surface area contributed by atoms with Gasteiger partial charge in [0.1, 0.15) is 11.5 Å². The summed E-state index contributed by atoms with van der Waals surface area (Å²) in [6, 6.07) is 13.1. The first-order chi connectivity index (χ1) is 13.1. The lowest BCUT2D eigenvalue weighted by molar-refractivity contribution is 0.393. The van der Waals surface area contributed by atoms with E-state index in [0.29, 0.717) is 26.8 Å². The Kier molecular flexibility index (Phi) is 4.67. The fourth-order valence-corrected chi connectivity index (χ4v) is 4.03. The van der Waals surface area contributed by atoms with E-state index in [4.69, 9.17) is 9.47 Å². The van der Waals surface area contributed by atoms with Crippen molar-refractivity contribution in [3.05, 3.63) is 67.4 Å². The summed E-state index contributed by atoms with van der Waals surface area (Å²) in [6.45, 7) is 0. The standard InChI is InChI=1S/C19H14BrN3O3S/c1-25-12-8-7-11(15(10-12)26-2)9-16-18(24)23-19(27-16)21-17(22-23)13-5-3-4-6-14(13)20/h3-10H,1-2H3/b16-9+. The Morgan fingerprint density at radius 1 is 1.15 bits per heavy atom. The fourth-order valence-electron chi connectivity index (χ4n) is 2.67. The molecule has 2 aromatic heterocycles. The van der Waals surface area contributed by atoms with Crippen molar-refractivity contribution in [3.8, 4) is 22.9 Å². The van der Waals surface area contributed by atoms with Gasteiger partial charge in [0.15, 0.2) is 5.82 Å². The van der Waals surface area contributed by atoms with Gasteiger partial charge in [-0.15, -0.1) is 5.10 Å². The van der Waals surface area contributed by atoms with E-state index in [0.717, 1.165) is 15.6 Å². The van der Waals surface area contributed by atoms with Crippen LogP contribution in [0, 0.1) is 0 Å². The minimum Gasteiger partial charge on any atom is -0.497 e. The Morgan fingerprint density at radius 3 is 2.67 bits per heavy atom. The van der Waals surface area contributed by atoms with E-state index in [1.165, 1.54) is 15.9 Å². The Morgan fingerprint density at radius 2 is 1.96 bits per heavy atom. The minimum absolute atomic E-state index is 0.210. The number of hydrogen-bond acceptors (Lipinski definition) is 6. The summed E-state index contributed by atoms with van der Waals surface area (Å²) in [5.74, 6) is 1.83. The van der Waals surface area contributed by atoms with Crippen LogP contribution in [0.25, 0.3) is 22.4 Å². The van der Waals surface area contributed by atoms with Gasteiger partial charge in [0.2, 0.25) is 4.96 Å². The van der Waals surface area contributed by atoms with Gasteiger partial charge < -0.3 is 9.47 Å². The molecule has 0 aliphatic carbocycles. The third kappa shape index (κ3) is 3.22. The van der Waals surface area contributed by atoms with Crippen LogP contribution in [0.5, 0.6) is 11.5 Å². The first-order valence-electron chi connectivity index (χ1n) is 7.99. The van der Waals surface area contributed by atoms with E-state index in [1.54, 1.807) is 26.4 Å². The zero-order valence-corrected chi connectivity index (χ0v) is 16.9. The molecule has 0 bridgehead atoms. The molecule has 0 aliphatic rings. The average molecular weight is 444 g/mol. The van der Waals surface area contributed by atoms with Gasteiger partial charge >= 0.3 is 0 Å². The van der Waals surface area contributed by atoms with E-state index in [2.05, 4.69) is 26.0 Å². The smallest absolute Gasteiger partial charge is 0.291 e. The lowest BCUT2D eigenvalue weighted by Gasteiger charge is -2.06. The molecular weight excluding hydrogens is 430 g/mol. The Labute approximate surface area is 166 Å². The van der Waals surface area contributed by atoms with E-state index in [-0.39, 0.29) is 5.56 Å². The van der Waals surface area contributed by atoms with E-state index >= 15 is 0 Å². The number of hydrogen-bond donors (Lipinski definition) is 0. The molecule has 136 valence electrons. The maximum Gasteiger partial charge on any atom is 0.291 e. The molecule has 0 atom stereocenters. The van der Waals surface area contributed by atoms with Gasteiger partial charge in [-0.1, -0.05) is 39.4 Å². The average Bonchev–Trinajstić information content (AvgIpc) is 3.22. The molecule has 0 unspecified atom stereocenters. The number of nitrogens with zero attached hydrogens (tertiary/aromatic N) is 3. The second kappa shape index (κ2) is 7.13. The number of benzene rings is 2. The molecule has 0 saturated heterocycles. The van der Waals surface area contributed by atoms with Crippen LogP contribution in [-0.2, 0) is 0 Å². The minimum atomic E-state index is -0.210. The summed E-state index contributed by atoms with van der Waals surface area (Å²) in [5.41, 5.74) is 1.42. The van der Waals surface area contributed by atoms with Crippen molar-refractivity contribution in [3.63, 3.8) is 0 Å². The molecule has 6 nitrogen and oxygen atoms in total. The molecule has 8 heteroatoms. The highest BCUT2D eigenvalue weighted by Crippen LogP contribution is 2.26. The van der Waals surface area contributed by atoms with Gasteiger partial charge in [-0.25, -0.2) is 0 Å². The zero-order valence-electron chi connectivity index (χ0n) is 14.5. The summed E-state index contributed by atoms with van der Waals surface area (Å²) in [5, 5.41) is 4.38. The monoisotopic (exact) mass is 443 g/mol. The Hall–Kier alpha value is -2.71. The molecule has 2 heterocycles. The van der Waals surface area contributed by atoms with E-state index in [1.807, 2.05) is 36.4 Å². The number of halogens is 1. The number of fused-ring (bicyclic) bond motifs is 1. The Balaban J connectivity index is 1.82. The number of methoxy groups -OCH3 is 2. The number of aromatic nitrogens is 3. The molecule has 2 aromatic carbocycles. The van der Waals surface area contributed by atoms with Crippen LogP contribution in [-0.4, -0.2) is 28.8 Å². The fraction of sp³-hybridized carbons (Fsp3) is 0.105. The van der Waals surface area contributed by atoms with Gasteiger partial charge in [-0.2, -0.15) is 9.50 Å². The molecule has 0 N–H and O–H groups in total. The van der Waals surface area contributed by atoms with Crippen LogP contribution in [0.1, 0.15) is 5.56 Å². The molecule has 0 aliphatic heterocycles. The second-order valence-corrected chi connectivity index (χ2v) is 7.50. The molecule has 0 radical (unpaired) electrons. The first kappa shape index (κ1) is 17.7. The SMILES string of the molecule is COc1ccc(/C=c2/sc3nc(-c4ccccc4Br)nn3c2=O)c(OC)c1. The van der Waals surface area contributed by atoms with Crippen molar-refractivity contribution in [2.24, 2.45) is 0 Å². The van der Waals surface area contributed by atoms with Crippen molar-refractivity contribution >= 4 is 38.3 Å². The quantitative estimate of drug-likeness (QED) is 0.484. The van der Waals surface area contributed by atoms with E-state index < -0.39 is 0 Å². The first-order valence-corrected chi connectivity index (χ1v) is 9.60. The van der Waals surface area contributed by atoms with Crippen molar-refractivity contribution < 1.29 is 9.47 Å². The lowest BCUT2D eigenvalue weighted by Crippen LogP contribution is -2.23. The van der Waals surface area contributed by atoms with Crippen LogP contribution in [0.3, 0.4) is 0 Å². The van der Waals surface area contributed by atoms with Crippen LogP contribution in [0.2, 0.25) is 0 Å². The second-order valence-electron chi connectivity index (χ2n) is 5.63. The van der Waals surface area contributed by atoms with Crippen LogP contribution in [0.15, 0.2) is 51.7 Å². The molecule has 0 amide bonds. The highest BCUT2D eigenvalue weighted by atomic mass is 79.9. The zero-order chi connectivity index (χ0) is 19.0. The van der Waals surface area contributed by atoms with Gasteiger partial charge in [-0.05, 0) is 30.3 Å². The van der Waals surface area contributed by atoms with Crippen molar-refractivity contribution in [1.82, 2.24) is 14.6 Å². The normalized spacial score (nSPS) is 11.9. The van der Waals surface area contributed by atoms with Gasteiger partial charge in [-0.3, -0.25) is 4.79 Å². The van der Waals surface area contributed by atoms with Crippen molar-refractivity contribution in [1.29, 1.82) is 0 Å².